The van der Waals surface area contributed by atoms with Crippen molar-refractivity contribution in [3.8, 4) is 11.8 Å². The number of rotatable bonds is 2. The quantitative estimate of drug-likeness (QED) is 0.837. The van der Waals surface area contributed by atoms with Crippen molar-refractivity contribution in [3.05, 3.63) is 28.8 Å². The standard InChI is InChI=1S/C22H24N2O4/c23-11-14-4-3-13-10-17-22(26)6-5-16(25)20-21(22,18(13)19(14)28-20)7-8-24(17)12-15-2-1-9-27-15/h3-4,15,17,20,26H,1-2,5-10,12H2/t15?,17-,20?,21+,22?/m0/s1. The van der Waals surface area contributed by atoms with Crippen LogP contribution in [0.3, 0.4) is 0 Å². The number of carbonyl (C=O) groups excluding carboxylic acids is 1. The highest BCUT2D eigenvalue weighted by atomic mass is 16.5. The zero-order chi connectivity index (χ0) is 19.1. The van der Waals surface area contributed by atoms with Crippen LogP contribution in [0.2, 0.25) is 0 Å². The van der Waals surface area contributed by atoms with E-state index in [1.807, 2.05) is 6.07 Å². The Bertz CT molecular complexity index is 918. The molecule has 0 radical (unpaired) electrons. The number of Topliss-reactive ketones (excluding diaryl/α,β-unsaturated/α-hetero) is 1. The number of ether oxygens (including phenoxy) is 2. The molecule has 1 N–H and O–H groups in total. The monoisotopic (exact) mass is 380 g/mol. The van der Waals surface area contributed by atoms with E-state index in [1.165, 1.54) is 0 Å². The average molecular weight is 380 g/mol. The van der Waals surface area contributed by atoms with E-state index in [0.29, 0.717) is 30.6 Å². The summed E-state index contributed by atoms with van der Waals surface area (Å²) in [6.45, 7) is 2.47. The first-order valence-electron chi connectivity index (χ1n) is 10.4. The number of likely N-dealkylation sites (tertiary alicyclic amines) is 1. The molecule has 5 aliphatic rings. The maximum Gasteiger partial charge on any atom is 0.174 e. The van der Waals surface area contributed by atoms with Gasteiger partial charge in [0.1, 0.15) is 11.8 Å². The van der Waals surface area contributed by atoms with Crippen LogP contribution >= 0.6 is 0 Å². The zero-order valence-corrected chi connectivity index (χ0v) is 15.8. The van der Waals surface area contributed by atoms with E-state index in [-0.39, 0.29) is 17.9 Å². The first-order valence-corrected chi connectivity index (χ1v) is 10.4. The Morgan fingerprint density at radius 1 is 1.36 bits per heavy atom. The molecule has 3 fully saturated rings. The molecule has 6 heteroatoms. The number of aliphatic hydroxyl groups is 1. The lowest BCUT2D eigenvalue weighted by Crippen LogP contribution is -2.76. The van der Waals surface area contributed by atoms with Gasteiger partial charge in [0.15, 0.2) is 11.9 Å². The van der Waals surface area contributed by atoms with Gasteiger partial charge < -0.3 is 14.6 Å². The molecule has 3 heterocycles. The van der Waals surface area contributed by atoms with E-state index >= 15 is 0 Å². The van der Waals surface area contributed by atoms with Gasteiger partial charge >= 0.3 is 0 Å². The summed E-state index contributed by atoms with van der Waals surface area (Å²) >= 11 is 0. The zero-order valence-electron chi connectivity index (χ0n) is 15.8. The number of hydrogen-bond acceptors (Lipinski definition) is 6. The second kappa shape index (κ2) is 5.56. The third-order valence-electron chi connectivity index (χ3n) is 7.97. The van der Waals surface area contributed by atoms with E-state index in [0.717, 1.165) is 50.1 Å². The summed E-state index contributed by atoms with van der Waals surface area (Å²) in [7, 11) is 0. The van der Waals surface area contributed by atoms with Gasteiger partial charge in [-0.3, -0.25) is 9.69 Å². The van der Waals surface area contributed by atoms with Crippen LogP contribution in [0, 0.1) is 11.3 Å². The molecular formula is C22H24N2O4. The Morgan fingerprint density at radius 3 is 3.04 bits per heavy atom. The van der Waals surface area contributed by atoms with Crippen molar-refractivity contribution >= 4 is 5.78 Å². The fourth-order valence-corrected chi connectivity index (χ4v) is 6.78. The molecule has 5 atom stereocenters. The van der Waals surface area contributed by atoms with Crippen LogP contribution in [0.25, 0.3) is 0 Å². The molecule has 0 aromatic heterocycles. The summed E-state index contributed by atoms with van der Waals surface area (Å²) in [5, 5.41) is 21.7. The van der Waals surface area contributed by atoms with E-state index in [1.54, 1.807) is 6.07 Å². The van der Waals surface area contributed by atoms with Gasteiger partial charge in [0, 0.05) is 31.2 Å². The van der Waals surface area contributed by atoms with Crippen LogP contribution < -0.4 is 4.74 Å². The summed E-state index contributed by atoms with van der Waals surface area (Å²) in [4.78, 5) is 15.3. The number of ketones is 1. The molecule has 2 bridgehead atoms. The smallest absolute Gasteiger partial charge is 0.174 e. The second-order valence-electron chi connectivity index (χ2n) is 9.05. The number of hydrogen-bond donors (Lipinski definition) is 1. The van der Waals surface area contributed by atoms with E-state index in [4.69, 9.17) is 9.47 Å². The van der Waals surface area contributed by atoms with Crippen LogP contribution in [0.1, 0.15) is 48.8 Å². The first kappa shape index (κ1) is 17.0. The van der Waals surface area contributed by atoms with Crippen LogP contribution in [0.5, 0.6) is 5.75 Å². The van der Waals surface area contributed by atoms with E-state index in [2.05, 4.69) is 11.0 Å². The Labute approximate surface area is 164 Å². The van der Waals surface area contributed by atoms with Crippen LogP contribution in [0.4, 0.5) is 0 Å². The lowest BCUT2D eigenvalue weighted by Gasteiger charge is -2.62. The molecule has 2 saturated heterocycles. The highest BCUT2D eigenvalue weighted by Crippen LogP contribution is 2.63. The minimum Gasteiger partial charge on any atom is -0.480 e. The predicted octanol–water partition coefficient (Wildman–Crippen LogP) is 1.46. The minimum absolute atomic E-state index is 0.0453. The topological polar surface area (TPSA) is 82.8 Å². The summed E-state index contributed by atoms with van der Waals surface area (Å²) in [5.41, 5.74) is 0.820. The molecule has 28 heavy (non-hydrogen) atoms. The maximum absolute atomic E-state index is 12.9. The molecule has 3 aliphatic heterocycles. The minimum atomic E-state index is -1.01. The normalized spacial score (nSPS) is 40.7. The summed E-state index contributed by atoms with van der Waals surface area (Å²) in [5.74, 6) is 0.605. The van der Waals surface area contributed by atoms with Crippen molar-refractivity contribution < 1.29 is 19.4 Å². The Morgan fingerprint density at radius 2 is 2.25 bits per heavy atom. The first-order chi connectivity index (χ1) is 13.6. The van der Waals surface area contributed by atoms with Crippen LogP contribution in [-0.2, 0) is 21.4 Å². The largest absolute Gasteiger partial charge is 0.480 e. The number of nitrogens with zero attached hydrogens (tertiary/aromatic N) is 2. The average Bonchev–Trinajstić information content (AvgIpc) is 3.32. The van der Waals surface area contributed by atoms with Crippen molar-refractivity contribution in [2.45, 2.75) is 67.8 Å². The highest BCUT2D eigenvalue weighted by Gasteiger charge is 2.73. The summed E-state index contributed by atoms with van der Waals surface area (Å²) in [6.07, 6.45) is 3.95. The van der Waals surface area contributed by atoms with Gasteiger partial charge in [-0.2, -0.15) is 5.26 Å². The molecule has 2 aliphatic carbocycles. The van der Waals surface area contributed by atoms with Crippen molar-refractivity contribution in [1.82, 2.24) is 4.90 Å². The molecule has 3 unspecified atom stereocenters. The van der Waals surface area contributed by atoms with Crippen molar-refractivity contribution in [1.29, 1.82) is 5.26 Å². The molecule has 1 saturated carbocycles. The molecule has 146 valence electrons. The van der Waals surface area contributed by atoms with Crippen molar-refractivity contribution in [2.24, 2.45) is 0 Å². The molecule has 6 rings (SSSR count). The number of piperidine rings is 1. The number of carbonyl (C=O) groups is 1. The van der Waals surface area contributed by atoms with Gasteiger partial charge in [0.25, 0.3) is 0 Å². The van der Waals surface area contributed by atoms with Crippen LogP contribution in [-0.4, -0.2) is 59.3 Å². The fourth-order valence-electron chi connectivity index (χ4n) is 6.78. The van der Waals surface area contributed by atoms with Crippen LogP contribution in [0.15, 0.2) is 12.1 Å². The van der Waals surface area contributed by atoms with Gasteiger partial charge in [0.05, 0.1) is 22.7 Å². The lowest BCUT2D eigenvalue weighted by atomic mass is 9.49. The van der Waals surface area contributed by atoms with E-state index < -0.39 is 17.1 Å². The maximum atomic E-state index is 12.9. The molecule has 6 nitrogen and oxygen atoms in total. The molecule has 1 aromatic carbocycles. The van der Waals surface area contributed by atoms with Gasteiger partial charge in [-0.15, -0.1) is 0 Å². The van der Waals surface area contributed by atoms with Gasteiger partial charge in [0.2, 0.25) is 0 Å². The second-order valence-corrected chi connectivity index (χ2v) is 9.05. The van der Waals surface area contributed by atoms with Crippen molar-refractivity contribution in [2.75, 3.05) is 19.7 Å². The van der Waals surface area contributed by atoms with Crippen molar-refractivity contribution in [3.63, 3.8) is 0 Å². The van der Waals surface area contributed by atoms with E-state index in [9.17, 15) is 15.2 Å². The molecule has 1 spiro atoms. The van der Waals surface area contributed by atoms with Gasteiger partial charge in [-0.25, -0.2) is 0 Å². The predicted molar refractivity (Wildman–Crippen MR) is 99.1 cm³/mol. The molecule has 1 aromatic rings. The Balaban J connectivity index is 1.51. The third kappa shape index (κ3) is 1.85. The van der Waals surface area contributed by atoms with Gasteiger partial charge in [-0.05, 0) is 50.3 Å². The molecule has 0 amide bonds. The lowest BCUT2D eigenvalue weighted by molar-refractivity contribution is -0.191. The Hall–Kier alpha value is -1.94. The summed E-state index contributed by atoms with van der Waals surface area (Å²) in [6, 6.07) is 5.98. The number of benzene rings is 1. The Kier molecular flexibility index (Phi) is 3.37. The fraction of sp³-hybridized carbons (Fsp3) is 0.636. The molecular weight excluding hydrogens is 356 g/mol. The SMILES string of the molecule is N#Cc1ccc2c3c1OC1C(=O)CCC4(O)[C@H](C2)N(CC2CCCO2)CC[C@@]314. The highest BCUT2D eigenvalue weighted by molar-refractivity contribution is 5.90. The third-order valence-corrected chi connectivity index (χ3v) is 7.97. The van der Waals surface area contributed by atoms with Gasteiger partial charge in [-0.1, -0.05) is 6.07 Å². The summed E-state index contributed by atoms with van der Waals surface area (Å²) < 4.78 is 12.0. The number of nitriles is 1.